The van der Waals surface area contributed by atoms with Crippen LogP contribution in [-0.4, -0.2) is 44.7 Å². The molecule has 0 aliphatic carbocycles. The van der Waals surface area contributed by atoms with E-state index in [1.54, 1.807) is 21.9 Å². The van der Waals surface area contributed by atoms with Crippen molar-refractivity contribution in [1.29, 1.82) is 0 Å². The Morgan fingerprint density at radius 2 is 1.94 bits per heavy atom. The van der Waals surface area contributed by atoms with Crippen LogP contribution in [0, 0.1) is 5.82 Å². The number of aromatic amines is 1. The van der Waals surface area contributed by atoms with E-state index in [2.05, 4.69) is 4.98 Å². The Hall–Kier alpha value is -3.03. The van der Waals surface area contributed by atoms with Crippen LogP contribution in [0.25, 0.3) is 0 Å². The van der Waals surface area contributed by atoms with Gasteiger partial charge in [-0.05, 0) is 49.8 Å². The van der Waals surface area contributed by atoms with Crippen LogP contribution in [0.5, 0.6) is 0 Å². The van der Waals surface area contributed by atoms with Crippen LogP contribution in [0.2, 0.25) is 0 Å². The van der Waals surface area contributed by atoms with Crippen molar-refractivity contribution in [3.05, 3.63) is 63.1 Å². The number of aromatic nitrogens is 2. The average molecular weight is 441 g/mol. The molecule has 1 fully saturated rings. The summed E-state index contributed by atoms with van der Waals surface area (Å²) in [5.41, 5.74) is 1.84. The van der Waals surface area contributed by atoms with Gasteiger partial charge in [-0.1, -0.05) is 19.1 Å². The second kappa shape index (κ2) is 9.63. The number of carbonyl (C=O) groups is 2. The van der Waals surface area contributed by atoms with E-state index in [0.717, 1.165) is 31.2 Å². The van der Waals surface area contributed by atoms with Crippen molar-refractivity contribution in [1.82, 2.24) is 19.8 Å². The molecule has 170 valence electrons. The first-order chi connectivity index (χ1) is 15.5. The number of halogens is 1. The Kier molecular flexibility index (Phi) is 6.67. The Bertz CT molecular complexity index is 1050. The second-order valence-electron chi connectivity index (χ2n) is 8.59. The molecule has 0 bridgehead atoms. The number of hydrogen-bond donors (Lipinski definition) is 1. The maximum absolute atomic E-state index is 13.2. The third-order valence-electron chi connectivity index (χ3n) is 6.32. The molecule has 1 aromatic carbocycles. The smallest absolute Gasteiger partial charge is 0.254 e. The van der Waals surface area contributed by atoms with Gasteiger partial charge in [0.05, 0.1) is 24.7 Å². The summed E-state index contributed by atoms with van der Waals surface area (Å²) >= 11 is 0. The van der Waals surface area contributed by atoms with Crippen LogP contribution < -0.4 is 5.56 Å². The molecule has 1 N–H and O–H groups in total. The van der Waals surface area contributed by atoms with Gasteiger partial charge in [-0.25, -0.2) is 9.37 Å². The van der Waals surface area contributed by atoms with E-state index in [4.69, 9.17) is 4.98 Å². The van der Waals surface area contributed by atoms with E-state index in [9.17, 15) is 18.8 Å². The summed E-state index contributed by atoms with van der Waals surface area (Å²) in [5, 5.41) is 0. The van der Waals surface area contributed by atoms with Gasteiger partial charge in [0, 0.05) is 25.1 Å². The van der Waals surface area contributed by atoms with Gasteiger partial charge in [0.2, 0.25) is 11.8 Å². The lowest BCUT2D eigenvalue weighted by Gasteiger charge is -2.36. The number of nitrogens with zero attached hydrogens (tertiary/aromatic N) is 3. The predicted octanol–water partition coefficient (Wildman–Crippen LogP) is 2.89. The lowest BCUT2D eigenvalue weighted by molar-refractivity contribution is -0.134. The lowest BCUT2D eigenvalue weighted by Crippen LogP contribution is -2.43. The third-order valence-corrected chi connectivity index (χ3v) is 6.32. The molecular formula is C24H29FN4O3. The molecule has 0 saturated carbocycles. The molecule has 3 heterocycles. The fraction of sp³-hybridized carbons (Fsp3) is 0.500. The number of likely N-dealkylation sites (tertiary alicyclic amines) is 1. The van der Waals surface area contributed by atoms with E-state index in [1.165, 1.54) is 12.1 Å². The predicted molar refractivity (Wildman–Crippen MR) is 117 cm³/mol. The van der Waals surface area contributed by atoms with Crippen LogP contribution in [-0.2, 0) is 29.0 Å². The third kappa shape index (κ3) is 4.74. The summed E-state index contributed by atoms with van der Waals surface area (Å²) in [7, 11) is 0. The van der Waals surface area contributed by atoms with Crippen molar-refractivity contribution in [3.63, 3.8) is 0 Å². The van der Waals surface area contributed by atoms with Crippen LogP contribution in [0.3, 0.4) is 0 Å². The highest BCUT2D eigenvalue weighted by molar-refractivity contribution is 5.79. The highest BCUT2D eigenvalue weighted by Gasteiger charge is 2.32. The zero-order valence-corrected chi connectivity index (χ0v) is 18.4. The summed E-state index contributed by atoms with van der Waals surface area (Å²) < 4.78 is 13.2. The molecule has 4 rings (SSSR count). The van der Waals surface area contributed by atoms with E-state index in [1.807, 2.05) is 6.92 Å². The fourth-order valence-corrected chi connectivity index (χ4v) is 4.59. The molecule has 2 aromatic rings. The summed E-state index contributed by atoms with van der Waals surface area (Å²) in [4.78, 5) is 49.4. The lowest BCUT2D eigenvalue weighted by atomic mass is 9.99. The first kappa shape index (κ1) is 22.2. The molecule has 1 saturated heterocycles. The van der Waals surface area contributed by atoms with Crippen molar-refractivity contribution in [3.8, 4) is 0 Å². The average Bonchev–Trinajstić information content (AvgIpc) is 2.80. The number of amides is 2. The van der Waals surface area contributed by atoms with Gasteiger partial charge in [0.1, 0.15) is 11.6 Å². The molecule has 1 unspecified atom stereocenters. The molecule has 2 aliphatic rings. The van der Waals surface area contributed by atoms with E-state index >= 15 is 0 Å². The summed E-state index contributed by atoms with van der Waals surface area (Å²) in [6, 6.07) is 5.63. The minimum absolute atomic E-state index is 0.0681. The Labute approximate surface area is 186 Å². The normalized spacial score (nSPS) is 18.4. The number of benzene rings is 1. The van der Waals surface area contributed by atoms with Crippen molar-refractivity contribution in [2.45, 2.75) is 64.5 Å². The summed E-state index contributed by atoms with van der Waals surface area (Å²) in [6.45, 7) is 3.42. The van der Waals surface area contributed by atoms with Gasteiger partial charge >= 0.3 is 0 Å². The summed E-state index contributed by atoms with van der Waals surface area (Å²) in [5.74, 6) is 0.169. The molecule has 2 amide bonds. The monoisotopic (exact) mass is 440 g/mol. The SMILES string of the molecule is CCCC(=O)N1CCc2c(nc(C3CCCCN3C(=O)Cc3ccc(F)cc3)[nH]c2=O)C1. The number of fused-ring (bicyclic) bond motifs is 1. The van der Waals surface area contributed by atoms with Crippen molar-refractivity contribution < 1.29 is 14.0 Å². The molecule has 2 aliphatic heterocycles. The second-order valence-corrected chi connectivity index (χ2v) is 8.59. The molecule has 1 aromatic heterocycles. The van der Waals surface area contributed by atoms with Gasteiger partial charge in [-0.3, -0.25) is 14.4 Å². The first-order valence-corrected chi connectivity index (χ1v) is 11.4. The first-order valence-electron chi connectivity index (χ1n) is 11.4. The minimum atomic E-state index is -0.334. The molecule has 1 atom stereocenters. The van der Waals surface area contributed by atoms with Crippen LogP contribution in [0.15, 0.2) is 29.1 Å². The largest absolute Gasteiger partial charge is 0.336 e. The molecule has 0 spiro atoms. The van der Waals surface area contributed by atoms with E-state index < -0.39 is 0 Å². The van der Waals surface area contributed by atoms with E-state index in [-0.39, 0.29) is 35.7 Å². The number of carbonyl (C=O) groups excluding carboxylic acids is 2. The van der Waals surface area contributed by atoms with Crippen molar-refractivity contribution in [2.75, 3.05) is 13.1 Å². The van der Waals surface area contributed by atoms with Gasteiger partial charge in [0.25, 0.3) is 5.56 Å². The highest BCUT2D eigenvalue weighted by atomic mass is 19.1. The van der Waals surface area contributed by atoms with Gasteiger partial charge < -0.3 is 14.8 Å². The Morgan fingerprint density at radius 3 is 2.69 bits per heavy atom. The van der Waals surface area contributed by atoms with E-state index in [0.29, 0.717) is 49.6 Å². The highest BCUT2D eigenvalue weighted by Crippen LogP contribution is 2.30. The standard InChI is InChI=1S/C24H29FN4O3/c1-2-5-21(30)28-13-11-18-19(15-28)26-23(27-24(18)32)20-6-3-4-12-29(20)22(31)14-16-7-9-17(25)10-8-16/h7-10,20H,2-6,11-15H2,1H3,(H,26,27,32). The quantitative estimate of drug-likeness (QED) is 0.775. The minimum Gasteiger partial charge on any atom is -0.336 e. The molecule has 32 heavy (non-hydrogen) atoms. The van der Waals surface area contributed by atoms with Gasteiger partial charge in [-0.2, -0.15) is 0 Å². The number of H-pyrrole nitrogens is 1. The Morgan fingerprint density at radius 1 is 1.16 bits per heavy atom. The molecule has 0 radical (unpaired) electrons. The number of rotatable bonds is 5. The fourth-order valence-electron chi connectivity index (χ4n) is 4.59. The topological polar surface area (TPSA) is 86.4 Å². The molecule has 7 nitrogen and oxygen atoms in total. The zero-order valence-electron chi connectivity index (χ0n) is 18.4. The van der Waals surface area contributed by atoms with Gasteiger partial charge in [0.15, 0.2) is 0 Å². The van der Waals surface area contributed by atoms with Gasteiger partial charge in [-0.15, -0.1) is 0 Å². The number of piperidine rings is 1. The zero-order chi connectivity index (χ0) is 22.7. The molecular weight excluding hydrogens is 411 g/mol. The number of hydrogen-bond acceptors (Lipinski definition) is 4. The Balaban J connectivity index is 1.57. The van der Waals surface area contributed by atoms with Crippen molar-refractivity contribution in [2.24, 2.45) is 0 Å². The van der Waals surface area contributed by atoms with Crippen LogP contribution in [0.4, 0.5) is 4.39 Å². The maximum Gasteiger partial charge on any atom is 0.254 e. The maximum atomic E-state index is 13.2. The van der Waals surface area contributed by atoms with Crippen molar-refractivity contribution >= 4 is 11.8 Å². The summed E-state index contributed by atoms with van der Waals surface area (Å²) in [6.07, 6.45) is 4.47. The van der Waals surface area contributed by atoms with Crippen LogP contribution >= 0.6 is 0 Å². The number of nitrogens with one attached hydrogen (secondary N) is 1. The van der Waals surface area contributed by atoms with Crippen LogP contribution in [0.1, 0.15) is 67.7 Å². The molecule has 8 heteroatoms.